The minimum absolute atomic E-state index is 0.423. The van der Waals surface area contributed by atoms with Crippen LogP contribution in [0.4, 0.5) is 5.69 Å². The van der Waals surface area contributed by atoms with Crippen molar-refractivity contribution in [2.75, 3.05) is 0 Å². The minimum Gasteiger partial charge on any atom is -0.233 e. The predicted molar refractivity (Wildman–Crippen MR) is 71.3 cm³/mol. The highest BCUT2D eigenvalue weighted by molar-refractivity contribution is 5.83. The molecule has 0 saturated carbocycles. The van der Waals surface area contributed by atoms with Crippen molar-refractivity contribution in [3.63, 3.8) is 0 Å². The zero-order chi connectivity index (χ0) is 12.5. The molecule has 4 heteroatoms. The number of para-hydroxylation sites is 1. The highest BCUT2D eigenvalue weighted by atomic mass is 16.3. The number of nitroso groups, excluding NO2 is 1. The lowest BCUT2D eigenvalue weighted by Crippen LogP contribution is -1.95. The molecule has 3 rings (SSSR count). The Kier molecular flexibility index (Phi) is 2.41. The van der Waals surface area contributed by atoms with Crippen LogP contribution in [0.5, 0.6) is 0 Å². The molecule has 0 amide bonds. The smallest absolute Gasteiger partial charge is 0.108 e. The van der Waals surface area contributed by atoms with Crippen molar-refractivity contribution in [1.29, 1.82) is 0 Å². The monoisotopic (exact) mass is 237 g/mol. The fourth-order valence-corrected chi connectivity index (χ4v) is 2.07. The number of rotatable bonds is 2. The molecule has 0 aliphatic rings. The lowest BCUT2D eigenvalue weighted by molar-refractivity contribution is 0.889. The third kappa shape index (κ3) is 1.59. The molecule has 2 aromatic carbocycles. The van der Waals surface area contributed by atoms with Gasteiger partial charge in [-0.05, 0) is 42.4 Å². The van der Waals surface area contributed by atoms with Gasteiger partial charge in [0.25, 0.3) is 0 Å². The topological polar surface area (TPSA) is 47.2 Å². The summed E-state index contributed by atoms with van der Waals surface area (Å²) in [5, 5.41) is 8.55. The summed E-state index contributed by atoms with van der Waals surface area (Å²) in [6.45, 7) is 1.99. The van der Waals surface area contributed by atoms with Gasteiger partial charge >= 0.3 is 0 Å². The normalized spacial score (nSPS) is 10.7. The molecule has 18 heavy (non-hydrogen) atoms. The Hall–Kier alpha value is -2.49. The van der Waals surface area contributed by atoms with Crippen molar-refractivity contribution in [3.05, 3.63) is 59.1 Å². The number of hydrogen-bond acceptors (Lipinski definition) is 3. The van der Waals surface area contributed by atoms with E-state index in [0.717, 1.165) is 22.3 Å². The van der Waals surface area contributed by atoms with Gasteiger partial charge in [0.15, 0.2) is 0 Å². The summed E-state index contributed by atoms with van der Waals surface area (Å²) >= 11 is 0. The van der Waals surface area contributed by atoms with Gasteiger partial charge in [0.1, 0.15) is 5.69 Å². The minimum atomic E-state index is 0.423. The fraction of sp³-hybridized carbons (Fsp3) is 0.0714. The van der Waals surface area contributed by atoms with Crippen molar-refractivity contribution < 1.29 is 0 Å². The van der Waals surface area contributed by atoms with E-state index in [1.165, 1.54) is 0 Å². The number of benzene rings is 2. The Balaban J connectivity index is 2.21. The van der Waals surface area contributed by atoms with Gasteiger partial charge in [-0.1, -0.05) is 18.2 Å². The van der Waals surface area contributed by atoms with Crippen molar-refractivity contribution in [3.8, 4) is 5.69 Å². The standard InChI is InChI=1S/C14H11N3O/c1-10-13-4-2-3-5-14(13)17(15-10)12-8-6-11(16-18)7-9-12/h2-9H,1H3. The van der Waals surface area contributed by atoms with E-state index in [-0.39, 0.29) is 0 Å². The molecule has 0 radical (unpaired) electrons. The van der Waals surface area contributed by atoms with Gasteiger partial charge in [0.2, 0.25) is 0 Å². The maximum atomic E-state index is 10.4. The average Bonchev–Trinajstić information content (AvgIpc) is 2.77. The number of nitrogens with zero attached hydrogens (tertiary/aromatic N) is 3. The maximum Gasteiger partial charge on any atom is 0.108 e. The summed E-state index contributed by atoms with van der Waals surface area (Å²) < 4.78 is 1.87. The van der Waals surface area contributed by atoms with E-state index in [2.05, 4.69) is 16.3 Å². The molecule has 1 heterocycles. The first-order valence-corrected chi connectivity index (χ1v) is 5.68. The molecule has 0 aliphatic carbocycles. The van der Waals surface area contributed by atoms with Gasteiger partial charge in [-0.25, -0.2) is 4.68 Å². The van der Waals surface area contributed by atoms with Gasteiger partial charge < -0.3 is 0 Å². The molecule has 3 aromatic rings. The largest absolute Gasteiger partial charge is 0.233 e. The summed E-state index contributed by atoms with van der Waals surface area (Å²) in [4.78, 5) is 10.4. The number of fused-ring (bicyclic) bond motifs is 1. The van der Waals surface area contributed by atoms with E-state index in [1.807, 2.05) is 41.9 Å². The third-order valence-corrected chi connectivity index (χ3v) is 2.97. The molecule has 0 saturated heterocycles. The summed E-state index contributed by atoms with van der Waals surface area (Å²) in [5.41, 5.74) is 3.39. The first kappa shape index (κ1) is 10.7. The molecule has 0 spiro atoms. The van der Waals surface area contributed by atoms with E-state index >= 15 is 0 Å². The SMILES string of the molecule is Cc1nn(-c2ccc(N=O)cc2)c2ccccc12. The number of aromatic nitrogens is 2. The molecule has 0 unspecified atom stereocenters. The van der Waals surface area contributed by atoms with Crippen LogP contribution in [0.3, 0.4) is 0 Å². The average molecular weight is 237 g/mol. The first-order chi connectivity index (χ1) is 8.79. The lowest BCUT2D eigenvalue weighted by atomic mass is 10.2. The highest BCUT2D eigenvalue weighted by Gasteiger charge is 2.07. The predicted octanol–water partition coefficient (Wildman–Crippen LogP) is 3.73. The quantitative estimate of drug-likeness (QED) is 0.637. The molecule has 0 fully saturated rings. The van der Waals surface area contributed by atoms with E-state index in [9.17, 15) is 4.91 Å². The lowest BCUT2D eigenvalue weighted by Gasteiger charge is -2.02. The van der Waals surface area contributed by atoms with Gasteiger partial charge in [-0.3, -0.25) is 0 Å². The Morgan fingerprint density at radius 3 is 2.50 bits per heavy atom. The van der Waals surface area contributed by atoms with Crippen molar-refractivity contribution in [1.82, 2.24) is 9.78 Å². The molecule has 0 atom stereocenters. The second kappa shape index (κ2) is 4.07. The Morgan fingerprint density at radius 2 is 1.78 bits per heavy atom. The second-order valence-corrected chi connectivity index (χ2v) is 4.12. The number of hydrogen-bond donors (Lipinski definition) is 0. The van der Waals surface area contributed by atoms with E-state index in [1.54, 1.807) is 12.1 Å². The van der Waals surface area contributed by atoms with Crippen molar-refractivity contribution in [2.24, 2.45) is 5.18 Å². The van der Waals surface area contributed by atoms with Crippen LogP contribution in [0.25, 0.3) is 16.6 Å². The van der Waals surface area contributed by atoms with Crippen LogP contribution in [-0.2, 0) is 0 Å². The number of aryl methyl sites for hydroxylation is 1. The van der Waals surface area contributed by atoms with Crippen LogP contribution in [-0.4, -0.2) is 9.78 Å². The van der Waals surface area contributed by atoms with Gasteiger partial charge in [0, 0.05) is 5.39 Å². The zero-order valence-electron chi connectivity index (χ0n) is 9.87. The van der Waals surface area contributed by atoms with Crippen LogP contribution in [0.15, 0.2) is 53.7 Å². The van der Waals surface area contributed by atoms with Crippen LogP contribution < -0.4 is 0 Å². The van der Waals surface area contributed by atoms with E-state index in [4.69, 9.17) is 0 Å². The Morgan fingerprint density at radius 1 is 1.06 bits per heavy atom. The van der Waals surface area contributed by atoms with Gasteiger partial charge in [-0.15, -0.1) is 4.91 Å². The summed E-state index contributed by atoms with van der Waals surface area (Å²) in [5.74, 6) is 0. The molecule has 0 bridgehead atoms. The van der Waals surface area contributed by atoms with Crippen LogP contribution in [0, 0.1) is 11.8 Å². The fourth-order valence-electron chi connectivity index (χ4n) is 2.07. The van der Waals surface area contributed by atoms with Gasteiger partial charge in [-0.2, -0.15) is 5.10 Å². The summed E-state index contributed by atoms with van der Waals surface area (Å²) in [6.07, 6.45) is 0. The van der Waals surface area contributed by atoms with Gasteiger partial charge in [0.05, 0.1) is 16.9 Å². The maximum absolute atomic E-state index is 10.4. The third-order valence-electron chi connectivity index (χ3n) is 2.97. The van der Waals surface area contributed by atoms with Crippen LogP contribution in [0.1, 0.15) is 5.69 Å². The summed E-state index contributed by atoms with van der Waals surface area (Å²) in [6, 6.07) is 15.1. The molecular formula is C14H11N3O. The highest BCUT2D eigenvalue weighted by Crippen LogP contribution is 2.22. The molecule has 4 nitrogen and oxygen atoms in total. The van der Waals surface area contributed by atoms with E-state index < -0.39 is 0 Å². The molecular weight excluding hydrogens is 226 g/mol. The molecule has 1 aromatic heterocycles. The molecule has 0 aliphatic heterocycles. The Bertz CT molecular complexity index is 713. The molecule has 0 N–H and O–H groups in total. The van der Waals surface area contributed by atoms with Crippen LogP contribution in [0.2, 0.25) is 0 Å². The van der Waals surface area contributed by atoms with Crippen LogP contribution >= 0.6 is 0 Å². The van der Waals surface area contributed by atoms with E-state index in [0.29, 0.717) is 5.69 Å². The van der Waals surface area contributed by atoms with Crippen molar-refractivity contribution in [2.45, 2.75) is 6.92 Å². The van der Waals surface area contributed by atoms with Crippen molar-refractivity contribution >= 4 is 16.6 Å². The first-order valence-electron chi connectivity index (χ1n) is 5.68. The second-order valence-electron chi connectivity index (χ2n) is 4.12. The Labute approximate surface area is 104 Å². The zero-order valence-corrected chi connectivity index (χ0v) is 9.87. The molecule has 88 valence electrons. The summed E-state index contributed by atoms with van der Waals surface area (Å²) in [7, 11) is 0.